The molecule has 0 aliphatic heterocycles. The van der Waals surface area contributed by atoms with E-state index in [1.165, 1.54) is 30.3 Å². The van der Waals surface area contributed by atoms with Gasteiger partial charge in [0.25, 0.3) is 0 Å². The van der Waals surface area contributed by atoms with Crippen molar-refractivity contribution in [1.29, 1.82) is 0 Å². The van der Waals surface area contributed by atoms with E-state index in [1.54, 1.807) is 6.07 Å². The molecule has 6 heteroatoms. The van der Waals surface area contributed by atoms with E-state index < -0.39 is 11.8 Å². The molecule has 0 spiro atoms. The van der Waals surface area contributed by atoms with E-state index in [2.05, 4.69) is 31.9 Å². The molecule has 2 aromatic carbocycles. The Balaban J connectivity index is 2.33. The molecule has 0 unspecified atom stereocenters. The molecule has 3 nitrogen and oxygen atoms in total. The van der Waals surface area contributed by atoms with E-state index in [4.69, 9.17) is 9.84 Å². The second-order valence-corrected chi connectivity index (χ2v) is 5.40. The van der Waals surface area contributed by atoms with Gasteiger partial charge in [-0.05, 0) is 52.3 Å². The summed E-state index contributed by atoms with van der Waals surface area (Å²) in [5.41, 5.74) is 0.119. The largest absolute Gasteiger partial charge is 0.478 e. The molecular weight excluding hydrogens is 383 g/mol. The van der Waals surface area contributed by atoms with Crippen molar-refractivity contribution in [1.82, 2.24) is 0 Å². The van der Waals surface area contributed by atoms with Crippen LogP contribution in [0.2, 0.25) is 0 Å². The third-order valence-corrected chi connectivity index (χ3v) is 3.40. The minimum atomic E-state index is -1.04. The normalized spacial score (nSPS) is 10.3. The molecule has 0 fully saturated rings. The van der Waals surface area contributed by atoms with Crippen LogP contribution in [0.4, 0.5) is 4.39 Å². The minimum absolute atomic E-state index is 0.0538. The number of halogens is 3. The van der Waals surface area contributed by atoms with E-state index in [0.717, 1.165) is 0 Å². The molecule has 98 valence electrons. The molecule has 0 amide bonds. The number of ether oxygens (including phenoxy) is 1. The Labute approximate surface area is 125 Å². The zero-order chi connectivity index (χ0) is 14.0. The number of rotatable bonds is 3. The molecule has 0 heterocycles. The van der Waals surface area contributed by atoms with E-state index >= 15 is 0 Å². The lowest BCUT2D eigenvalue weighted by Gasteiger charge is -2.09. The number of carboxylic acids is 1. The highest BCUT2D eigenvalue weighted by atomic mass is 79.9. The number of benzene rings is 2. The first kappa shape index (κ1) is 14.0. The van der Waals surface area contributed by atoms with Crippen molar-refractivity contribution in [3.8, 4) is 11.5 Å². The van der Waals surface area contributed by atoms with Crippen LogP contribution in [0.3, 0.4) is 0 Å². The summed E-state index contributed by atoms with van der Waals surface area (Å²) in [6, 6.07) is 8.58. The summed E-state index contributed by atoms with van der Waals surface area (Å²) >= 11 is 6.42. The number of carbonyl (C=O) groups is 1. The Kier molecular flexibility index (Phi) is 4.21. The standard InChI is InChI=1S/C13H7Br2FO3/c14-8-2-3-10(16)12(6-8)19-11-4-1-7(13(17)18)5-9(11)15/h1-6H,(H,17,18). The summed E-state index contributed by atoms with van der Waals surface area (Å²) in [4.78, 5) is 10.8. The van der Waals surface area contributed by atoms with Crippen LogP contribution < -0.4 is 4.74 Å². The van der Waals surface area contributed by atoms with Crippen molar-refractivity contribution >= 4 is 37.8 Å². The average molecular weight is 390 g/mol. The molecule has 2 rings (SSSR count). The van der Waals surface area contributed by atoms with Gasteiger partial charge in [0.2, 0.25) is 0 Å². The van der Waals surface area contributed by atoms with Gasteiger partial charge in [-0.15, -0.1) is 0 Å². The number of hydrogen-bond donors (Lipinski definition) is 1. The van der Waals surface area contributed by atoms with Crippen LogP contribution in [0, 0.1) is 5.82 Å². The van der Waals surface area contributed by atoms with Crippen LogP contribution in [0.1, 0.15) is 10.4 Å². The molecule has 0 saturated carbocycles. The monoisotopic (exact) mass is 388 g/mol. The van der Waals surface area contributed by atoms with Gasteiger partial charge in [0.15, 0.2) is 11.6 Å². The lowest BCUT2D eigenvalue weighted by atomic mass is 10.2. The highest BCUT2D eigenvalue weighted by molar-refractivity contribution is 9.10. The predicted molar refractivity (Wildman–Crippen MR) is 75.3 cm³/mol. The Bertz CT molecular complexity index is 644. The summed E-state index contributed by atoms with van der Waals surface area (Å²) in [5, 5.41) is 8.84. The molecule has 0 bridgehead atoms. The highest BCUT2D eigenvalue weighted by Gasteiger charge is 2.11. The van der Waals surface area contributed by atoms with Crippen molar-refractivity contribution < 1.29 is 19.0 Å². The summed E-state index contributed by atoms with van der Waals surface area (Å²) in [7, 11) is 0. The average Bonchev–Trinajstić information content (AvgIpc) is 2.36. The second kappa shape index (κ2) is 5.71. The molecule has 0 aliphatic rings. The van der Waals surface area contributed by atoms with E-state index in [1.807, 2.05) is 0 Å². The van der Waals surface area contributed by atoms with E-state index in [9.17, 15) is 9.18 Å². The third kappa shape index (κ3) is 3.33. The fourth-order valence-corrected chi connectivity index (χ4v) is 2.19. The molecule has 0 radical (unpaired) electrons. The summed E-state index contributed by atoms with van der Waals surface area (Å²) in [6.07, 6.45) is 0. The van der Waals surface area contributed by atoms with Crippen molar-refractivity contribution in [3.63, 3.8) is 0 Å². The Morgan fingerprint density at radius 2 is 1.84 bits per heavy atom. The number of carboxylic acid groups (broad SMARTS) is 1. The first-order valence-electron chi connectivity index (χ1n) is 5.13. The van der Waals surface area contributed by atoms with Gasteiger partial charge in [-0.25, -0.2) is 9.18 Å². The maximum atomic E-state index is 13.5. The number of hydrogen-bond acceptors (Lipinski definition) is 2. The SMILES string of the molecule is O=C(O)c1ccc(Oc2cc(Br)ccc2F)c(Br)c1. The van der Waals surface area contributed by atoms with E-state index in [0.29, 0.717) is 14.7 Å². The zero-order valence-corrected chi connectivity index (χ0v) is 12.5. The van der Waals surface area contributed by atoms with Crippen molar-refractivity contribution in [2.24, 2.45) is 0 Å². The summed E-state index contributed by atoms with van der Waals surface area (Å²) in [6.45, 7) is 0. The predicted octanol–water partition coefficient (Wildman–Crippen LogP) is 4.84. The summed E-state index contributed by atoms with van der Waals surface area (Å²) < 4.78 is 20.1. The maximum Gasteiger partial charge on any atom is 0.335 e. The lowest BCUT2D eigenvalue weighted by molar-refractivity contribution is 0.0697. The van der Waals surface area contributed by atoms with Crippen LogP contribution >= 0.6 is 31.9 Å². The molecule has 0 atom stereocenters. The Morgan fingerprint density at radius 3 is 2.47 bits per heavy atom. The van der Waals surface area contributed by atoms with Crippen LogP contribution in [0.15, 0.2) is 45.3 Å². The Hall–Kier alpha value is -1.40. The highest BCUT2D eigenvalue weighted by Crippen LogP contribution is 2.33. The Morgan fingerprint density at radius 1 is 1.11 bits per heavy atom. The van der Waals surface area contributed by atoms with Crippen molar-refractivity contribution in [2.75, 3.05) is 0 Å². The maximum absolute atomic E-state index is 13.5. The number of aromatic carboxylic acids is 1. The first-order valence-corrected chi connectivity index (χ1v) is 6.71. The van der Waals surface area contributed by atoms with Crippen LogP contribution in [-0.4, -0.2) is 11.1 Å². The molecule has 0 aliphatic carbocycles. The topological polar surface area (TPSA) is 46.5 Å². The first-order chi connectivity index (χ1) is 8.97. The van der Waals surface area contributed by atoms with Crippen LogP contribution in [-0.2, 0) is 0 Å². The smallest absolute Gasteiger partial charge is 0.335 e. The minimum Gasteiger partial charge on any atom is -0.478 e. The fraction of sp³-hybridized carbons (Fsp3) is 0. The fourth-order valence-electron chi connectivity index (χ4n) is 1.39. The van der Waals surface area contributed by atoms with Crippen LogP contribution in [0.25, 0.3) is 0 Å². The van der Waals surface area contributed by atoms with Gasteiger partial charge >= 0.3 is 5.97 Å². The van der Waals surface area contributed by atoms with Gasteiger partial charge in [-0.1, -0.05) is 15.9 Å². The van der Waals surface area contributed by atoms with Gasteiger partial charge < -0.3 is 9.84 Å². The molecule has 0 saturated heterocycles. The van der Waals surface area contributed by atoms with Gasteiger partial charge in [0, 0.05) is 4.47 Å². The second-order valence-electron chi connectivity index (χ2n) is 3.63. The van der Waals surface area contributed by atoms with Gasteiger partial charge in [-0.3, -0.25) is 0 Å². The third-order valence-electron chi connectivity index (χ3n) is 2.29. The molecular formula is C13H7Br2FO3. The zero-order valence-electron chi connectivity index (χ0n) is 9.36. The van der Waals surface area contributed by atoms with Crippen LogP contribution in [0.5, 0.6) is 11.5 Å². The summed E-state index contributed by atoms with van der Waals surface area (Å²) in [5.74, 6) is -1.15. The lowest BCUT2D eigenvalue weighted by Crippen LogP contribution is -1.96. The van der Waals surface area contributed by atoms with Crippen molar-refractivity contribution in [2.45, 2.75) is 0 Å². The van der Waals surface area contributed by atoms with E-state index in [-0.39, 0.29) is 11.3 Å². The molecule has 2 aromatic rings. The molecule has 19 heavy (non-hydrogen) atoms. The molecule has 0 aromatic heterocycles. The van der Waals surface area contributed by atoms with Gasteiger partial charge in [0.1, 0.15) is 5.75 Å². The molecule has 1 N–H and O–H groups in total. The quantitative estimate of drug-likeness (QED) is 0.816. The van der Waals surface area contributed by atoms with Crippen molar-refractivity contribution in [3.05, 3.63) is 56.7 Å². The van der Waals surface area contributed by atoms with Gasteiger partial charge in [0.05, 0.1) is 10.0 Å². The van der Waals surface area contributed by atoms with Gasteiger partial charge in [-0.2, -0.15) is 0 Å².